The fraction of sp³-hybridized carbons (Fsp3) is 0.222. The van der Waals surface area contributed by atoms with Crippen molar-refractivity contribution in [2.45, 2.75) is 0 Å². The van der Waals surface area contributed by atoms with E-state index < -0.39 is 0 Å². The number of carbonyl (C=O) groups is 1. The number of benzene rings is 1. The molecule has 0 radical (unpaired) electrons. The van der Waals surface area contributed by atoms with Crippen LogP contribution in [0.5, 0.6) is 11.5 Å². The number of hydrogen-bond donors (Lipinski definition) is 0. The third-order valence-electron chi connectivity index (χ3n) is 1.89. The van der Waals surface area contributed by atoms with Crippen LogP contribution < -0.4 is 9.47 Å². The number of methoxy groups -OCH3 is 1. The molecule has 1 aromatic carbocycles. The van der Waals surface area contributed by atoms with Crippen LogP contribution in [-0.2, 0) is 0 Å². The zero-order valence-corrected chi connectivity index (χ0v) is 8.55. The molecule has 1 aliphatic heterocycles. The molecule has 1 heterocycles. The maximum absolute atomic E-state index is 11.3. The lowest BCUT2D eigenvalue weighted by Crippen LogP contribution is -2.00. The van der Waals surface area contributed by atoms with Crippen LogP contribution in [0.25, 0.3) is 0 Å². The van der Waals surface area contributed by atoms with Crippen molar-refractivity contribution in [3.8, 4) is 11.5 Å². The Kier molecular flexibility index (Phi) is 2.00. The van der Waals surface area contributed by atoms with Crippen molar-refractivity contribution in [3.05, 3.63) is 22.2 Å². The smallest absolute Gasteiger partial charge is 0.207 e. The third-order valence-corrected chi connectivity index (χ3v) is 2.35. The standard InChI is InChI=1S/C9H7BrO3/c1-12-7-2-5(10)3-8-9(7)6(11)4-13-8/h2-3H,4H2,1H3. The highest BCUT2D eigenvalue weighted by atomic mass is 79.9. The van der Waals surface area contributed by atoms with E-state index in [1.807, 2.05) is 0 Å². The predicted molar refractivity (Wildman–Crippen MR) is 50.5 cm³/mol. The quantitative estimate of drug-likeness (QED) is 0.757. The Labute approximate surface area is 83.8 Å². The molecule has 0 bridgehead atoms. The van der Waals surface area contributed by atoms with Gasteiger partial charge in [-0.25, -0.2) is 0 Å². The molecule has 0 aliphatic carbocycles. The first-order valence-electron chi connectivity index (χ1n) is 3.76. The summed E-state index contributed by atoms with van der Waals surface area (Å²) in [5, 5.41) is 0. The Bertz CT molecular complexity index is 373. The van der Waals surface area contributed by atoms with Crippen LogP contribution in [0, 0.1) is 0 Å². The van der Waals surface area contributed by atoms with Crippen molar-refractivity contribution in [2.24, 2.45) is 0 Å². The lowest BCUT2D eigenvalue weighted by Gasteiger charge is -2.04. The molecule has 13 heavy (non-hydrogen) atoms. The summed E-state index contributed by atoms with van der Waals surface area (Å²) < 4.78 is 11.1. The van der Waals surface area contributed by atoms with Crippen LogP contribution in [0.2, 0.25) is 0 Å². The summed E-state index contributed by atoms with van der Waals surface area (Å²) in [6, 6.07) is 3.52. The number of rotatable bonds is 1. The summed E-state index contributed by atoms with van der Waals surface area (Å²) >= 11 is 3.31. The van der Waals surface area contributed by atoms with Gasteiger partial charge in [-0.05, 0) is 12.1 Å². The Morgan fingerprint density at radius 3 is 3.00 bits per heavy atom. The minimum atomic E-state index is -0.0284. The van der Waals surface area contributed by atoms with Crippen molar-refractivity contribution in [2.75, 3.05) is 13.7 Å². The second kappa shape index (κ2) is 3.03. The summed E-state index contributed by atoms with van der Waals surface area (Å²) in [5.74, 6) is 1.13. The van der Waals surface area contributed by atoms with Crippen molar-refractivity contribution in [3.63, 3.8) is 0 Å². The Morgan fingerprint density at radius 2 is 2.31 bits per heavy atom. The Balaban J connectivity index is 2.64. The van der Waals surface area contributed by atoms with Crippen LogP contribution in [0.3, 0.4) is 0 Å². The van der Waals surface area contributed by atoms with Crippen LogP contribution in [0.1, 0.15) is 10.4 Å². The predicted octanol–water partition coefficient (Wildman–Crippen LogP) is 2.03. The molecule has 0 atom stereocenters. The summed E-state index contributed by atoms with van der Waals surface area (Å²) in [6.07, 6.45) is 0. The molecule has 0 unspecified atom stereocenters. The number of halogens is 1. The topological polar surface area (TPSA) is 35.5 Å². The second-order valence-corrected chi connectivity index (χ2v) is 3.61. The van der Waals surface area contributed by atoms with Gasteiger partial charge >= 0.3 is 0 Å². The lowest BCUT2D eigenvalue weighted by atomic mass is 10.1. The number of hydrogen-bond acceptors (Lipinski definition) is 3. The Morgan fingerprint density at radius 1 is 1.54 bits per heavy atom. The van der Waals surface area contributed by atoms with E-state index in [0.29, 0.717) is 17.1 Å². The fourth-order valence-electron chi connectivity index (χ4n) is 1.32. The first-order valence-corrected chi connectivity index (χ1v) is 4.55. The first kappa shape index (κ1) is 8.56. The molecule has 0 spiro atoms. The molecule has 1 aromatic rings. The highest BCUT2D eigenvalue weighted by Gasteiger charge is 2.25. The van der Waals surface area contributed by atoms with Crippen LogP contribution >= 0.6 is 15.9 Å². The van der Waals surface area contributed by atoms with Gasteiger partial charge in [0.15, 0.2) is 6.61 Å². The summed E-state index contributed by atoms with van der Waals surface area (Å²) in [5.41, 5.74) is 0.547. The van der Waals surface area contributed by atoms with E-state index in [-0.39, 0.29) is 12.4 Å². The Hall–Kier alpha value is -1.03. The lowest BCUT2D eigenvalue weighted by molar-refractivity contribution is 0.0959. The average Bonchev–Trinajstić information content (AvgIpc) is 2.46. The fourth-order valence-corrected chi connectivity index (χ4v) is 1.74. The van der Waals surface area contributed by atoms with Gasteiger partial charge in [0.25, 0.3) is 0 Å². The maximum Gasteiger partial charge on any atom is 0.207 e. The van der Waals surface area contributed by atoms with Crippen LogP contribution in [-0.4, -0.2) is 19.5 Å². The number of ether oxygens (including phenoxy) is 2. The molecular formula is C9H7BrO3. The summed E-state index contributed by atoms with van der Waals surface area (Å²) in [4.78, 5) is 11.3. The van der Waals surface area contributed by atoms with Crippen molar-refractivity contribution in [1.29, 1.82) is 0 Å². The summed E-state index contributed by atoms with van der Waals surface area (Å²) in [7, 11) is 1.54. The van der Waals surface area contributed by atoms with Gasteiger partial charge in [0.1, 0.15) is 17.1 Å². The summed E-state index contributed by atoms with van der Waals surface area (Å²) in [6.45, 7) is 0.113. The van der Waals surface area contributed by atoms with Gasteiger partial charge in [0.2, 0.25) is 5.78 Å². The van der Waals surface area contributed by atoms with E-state index in [1.165, 1.54) is 7.11 Å². The minimum absolute atomic E-state index is 0.0284. The van der Waals surface area contributed by atoms with Crippen LogP contribution in [0.15, 0.2) is 16.6 Å². The SMILES string of the molecule is COc1cc(Br)cc2c1C(=O)CO2. The van der Waals surface area contributed by atoms with E-state index >= 15 is 0 Å². The molecule has 0 N–H and O–H groups in total. The van der Waals surface area contributed by atoms with E-state index in [0.717, 1.165) is 4.47 Å². The van der Waals surface area contributed by atoms with Gasteiger partial charge in [0, 0.05) is 4.47 Å². The highest BCUT2D eigenvalue weighted by Crippen LogP contribution is 2.36. The van der Waals surface area contributed by atoms with Gasteiger partial charge in [0.05, 0.1) is 7.11 Å². The van der Waals surface area contributed by atoms with Gasteiger partial charge in [-0.2, -0.15) is 0 Å². The second-order valence-electron chi connectivity index (χ2n) is 2.69. The average molecular weight is 243 g/mol. The van der Waals surface area contributed by atoms with E-state index in [9.17, 15) is 4.79 Å². The molecule has 4 heteroatoms. The number of ketones is 1. The van der Waals surface area contributed by atoms with Gasteiger partial charge in [-0.1, -0.05) is 15.9 Å². The molecule has 0 aromatic heterocycles. The third kappa shape index (κ3) is 1.31. The molecule has 3 nitrogen and oxygen atoms in total. The van der Waals surface area contributed by atoms with E-state index in [2.05, 4.69) is 15.9 Å². The number of carbonyl (C=O) groups excluding carboxylic acids is 1. The molecule has 0 saturated heterocycles. The minimum Gasteiger partial charge on any atom is -0.496 e. The van der Waals surface area contributed by atoms with Crippen molar-refractivity contribution in [1.82, 2.24) is 0 Å². The number of fused-ring (bicyclic) bond motifs is 1. The number of Topliss-reactive ketones (excluding diaryl/α,β-unsaturated/α-hetero) is 1. The van der Waals surface area contributed by atoms with Gasteiger partial charge in [-0.15, -0.1) is 0 Å². The van der Waals surface area contributed by atoms with E-state index in [1.54, 1.807) is 12.1 Å². The first-order chi connectivity index (χ1) is 6.22. The van der Waals surface area contributed by atoms with Gasteiger partial charge < -0.3 is 9.47 Å². The molecule has 2 rings (SSSR count). The molecule has 1 aliphatic rings. The molecule has 0 saturated carbocycles. The zero-order valence-electron chi connectivity index (χ0n) is 6.96. The van der Waals surface area contributed by atoms with Crippen LogP contribution in [0.4, 0.5) is 0 Å². The monoisotopic (exact) mass is 242 g/mol. The molecule has 0 amide bonds. The molecular weight excluding hydrogens is 236 g/mol. The zero-order chi connectivity index (χ0) is 9.42. The molecule has 68 valence electrons. The highest BCUT2D eigenvalue weighted by molar-refractivity contribution is 9.10. The van der Waals surface area contributed by atoms with Crippen molar-refractivity contribution >= 4 is 21.7 Å². The largest absolute Gasteiger partial charge is 0.496 e. The molecule has 0 fully saturated rings. The van der Waals surface area contributed by atoms with E-state index in [4.69, 9.17) is 9.47 Å². The normalized spacial score (nSPS) is 13.8. The van der Waals surface area contributed by atoms with Crippen molar-refractivity contribution < 1.29 is 14.3 Å². The maximum atomic E-state index is 11.3. The van der Waals surface area contributed by atoms with Gasteiger partial charge in [-0.3, -0.25) is 4.79 Å².